The molecule has 0 aromatic heterocycles. The number of nitrogens with zero attached hydrogens (tertiary/aromatic N) is 3. The van der Waals surface area contributed by atoms with E-state index in [0.29, 0.717) is 18.5 Å². The lowest BCUT2D eigenvalue weighted by molar-refractivity contribution is -0.136. The molecule has 0 unspecified atom stereocenters. The summed E-state index contributed by atoms with van der Waals surface area (Å²) in [6.07, 6.45) is 9.09. The van der Waals surface area contributed by atoms with Crippen LogP contribution in [-0.2, 0) is 36.9 Å². The molecule has 2 aromatic rings. The first-order chi connectivity index (χ1) is 27.9. The van der Waals surface area contributed by atoms with Gasteiger partial charge >= 0.3 is 6.09 Å². The molecule has 0 saturated carbocycles. The number of hydrogen-bond donors (Lipinski definition) is 1. The molecule has 0 bridgehead atoms. The van der Waals surface area contributed by atoms with Gasteiger partial charge in [-0.2, -0.15) is 0 Å². The van der Waals surface area contributed by atoms with Crippen molar-refractivity contribution >= 4 is 19.0 Å². The molecule has 59 heavy (non-hydrogen) atoms. The van der Waals surface area contributed by atoms with Gasteiger partial charge in [0.05, 0.1) is 0 Å². The summed E-state index contributed by atoms with van der Waals surface area (Å²) < 4.78 is 15.7. The summed E-state index contributed by atoms with van der Waals surface area (Å²) >= 11 is 0. The van der Waals surface area contributed by atoms with Gasteiger partial charge in [0.25, 0.3) is 12.9 Å². The average Bonchev–Trinajstić information content (AvgIpc) is 3.73. The molecule has 6 rings (SSSR count). The van der Waals surface area contributed by atoms with Crippen molar-refractivity contribution in [2.75, 3.05) is 39.3 Å². The van der Waals surface area contributed by atoms with E-state index in [-0.39, 0.29) is 11.6 Å². The fourth-order valence-corrected chi connectivity index (χ4v) is 8.97. The summed E-state index contributed by atoms with van der Waals surface area (Å²) in [5, 5.41) is 3.50. The normalized spacial score (nSPS) is 19.1. The molecule has 1 N–H and O–H groups in total. The molecule has 0 radical (unpaired) electrons. The van der Waals surface area contributed by atoms with Gasteiger partial charge < -0.3 is 24.4 Å². The lowest BCUT2D eigenvalue weighted by Gasteiger charge is -2.45. The minimum absolute atomic E-state index is 0.119. The number of benzene rings is 2. The summed E-state index contributed by atoms with van der Waals surface area (Å²) in [5.41, 5.74) is 5.24. The third-order valence-electron chi connectivity index (χ3n) is 12.3. The number of carbonyl (C=O) groups is 3. The van der Waals surface area contributed by atoms with Gasteiger partial charge in [0.1, 0.15) is 5.60 Å². The van der Waals surface area contributed by atoms with Crippen LogP contribution >= 0.6 is 0 Å². The monoisotopic (exact) mass is 809 g/mol. The van der Waals surface area contributed by atoms with Crippen molar-refractivity contribution in [2.24, 2.45) is 0 Å². The Kier molecular flexibility index (Phi) is 15.0. The lowest BCUT2D eigenvalue weighted by atomic mass is 9.84. The van der Waals surface area contributed by atoms with Crippen LogP contribution in [0.15, 0.2) is 36.4 Å². The number of piperidine rings is 2. The molecule has 4 aliphatic heterocycles. The Morgan fingerprint density at radius 2 is 1.12 bits per heavy atom. The maximum absolute atomic E-state index is 12.5. The number of aryl methyl sites for hydroxylation is 2. The molecule has 0 aliphatic carbocycles. The molecular formula is C49H68N4O6. The van der Waals surface area contributed by atoms with Crippen molar-refractivity contribution in [3.05, 3.63) is 69.8 Å². The van der Waals surface area contributed by atoms with Gasteiger partial charge in [-0.3, -0.25) is 19.4 Å². The van der Waals surface area contributed by atoms with Crippen molar-refractivity contribution in [2.45, 2.75) is 155 Å². The fourth-order valence-electron chi connectivity index (χ4n) is 8.97. The van der Waals surface area contributed by atoms with Crippen molar-refractivity contribution in [1.29, 1.82) is 0 Å². The van der Waals surface area contributed by atoms with Crippen molar-refractivity contribution in [3.8, 4) is 23.7 Å². The van der Waals surface area contributed by atoms with E-state index >= 15 is 0 Å². The summed E-state index contributed by atoms with van der Waals surface area (Å²) in [6, 6.07) is 12.9. The van der Waals surface area contributed by atoms with Crippen LogP contribution in [-0.4, -0.2) is 101 Å². The Morgan fingerprint density at radius 3 is 1.54 bits per heavy atom. The van der Waals surface area contributed by atoms with Crippen LogP contribution in [0.1, 0.15) is 133 Å². The van der Waals surface area contributed by atoms with E-state index in [2.05, 4.69) is 89.0 Å². The van der Waals surface area contributed by atoms with Gasteiger partial charge in [0.2, 0.25) is 0 Å². The van der Waals surface area contributed by atoms with Gasteiger partial charge in [-0.1, -0.05) is 47.9 Å². The number of carbonyl (C=O) groups excluding carboxylic acids is 3. The highest BCUT2D eigenvalue weighted by Crippen LogP contribution is 2.40. The summed E-state index contributed by atoms with van der Waals surface area (Å²) in [4.78, 5) is 41.0. The van der Waals surface area contributed by atoms with E-state index < -0.39 is 16.8 Å². The fraction of sp³-hybridized carbons (Fsp3) is 0.612. The second-order valence-corrected chi connectivity index (χ2v) is 19.0. The third kappa shape index (κ3) is 12.6. The van der Waals surface area contributed by atoms with Crippen LogP contribution in [0.2, 0.25) is 0 Å². The Morgan fingerprint density at radius 1 is 0.678 bits per heavy atom. The summed E-state index contributed by atoms with van der Waals surface area (Å²) in [7, 11) is 0. The van der Waals surface area contributed by atoms with Gasteiger partial charge in [0.15, 0.2) is 11.2 Å². The van der Waals surface area contributed by atoms with Crippen LogP contribution in [0, 0.1) is 37.5 Å². The minimum Gasteiger partial charge on any atom is -0.449 e. The highest BCUT2D eigenvalue weighted by atomic mass is 16.6. The molecule has 4 saturated heterocycles. The van der Waals surface area contributed by atoms with E-state index in [0.717, 1.165) is 81.8 Å². The zero-order valence-electron chi connectivity index (χ0n) is 37.2. The minimum atomic E-state index is -0.827. The Labute approximate surface area is 354 Å². The Bertz CT molecular complexity index is 1910. The van der Waals surface area contributed by atoms with Crippen LogP contribution in [0.4, 0.5) is 4.79 Å². The standard InChI is InChI=1S/C27H38N2O4.C22H30N2O2/c1-21-8-9-23(22(18-21)10-12-26(5,6)32-20-30)19-29-15-7-11-27(29)13-16-28(17-14-27)24(31)33-25(2,3)4;1-18-5-6-20(19(15-18)7-9-21(2,3)26-17-25)16-24-14-4-8-22(24)10-12-23-13-11-22/h8-9,18,20H,7,11,13-17,19H2,1-6H3;5-6,15,17,23H,4,8,10-14,16H2,1-3H3. The van der Waals surface area contributed by atoms with Crippen molar-refractivity contribution in [1.82, 2.24) is 20.0 Å². The lowest BCUT2D eigenvalue weighted by Crippen LogP contribution is -2.53. The number of rotatable bonds is 8. The molecule has 1 amide bonds. The number of likely N-dealkylation sites (tertiary alicyclic amines) is 3. The second kappa shape index (κ2) is 19.4. The summed E-state index contributed by atoms with van der Waals surface area (Å²) in [6.45, 7) is 25.7. The van der Waals surface area contributed by atoms with Gasteiger partial charge in [-0.05, 0) is 174 Å². The first kappa shape index (κ1) is 45.7. The predicted molar refractivity (Wildman–Crippen MR) is 232 cm³/mol. The first-order valence-electron chi connectivity index (χ1n) is 21.5. The Balaban J connectivity index is 0.000000230. The molecule has 4 fully saturated rings. The van der Waals surface area contributed by atoms with Crippen LogP contribution in [0.25, 0.3) is 0 Å². The van der Waals surface area contributed by atoms with E-state index in [4.69, 9.17) is 14.2 Å². The predicted octanol–water partition coefficient (Wildman–Crippen LogP) is 7.68. The topological polar surface area (TPSA) is 101 Å². The van der Waals surface area contributed by atoms with Crippen LogP contribution in [0.5, 0.6) is 0 Å². The average molecular weight is 809 g/mol. The molecule has 4 heterocycles. The van der Waals surface area contributed by atoms with Gasteiger partial charge in [-0.15, -0.1) is 0 Å². The summed E-state index contributed by atoms with van der Waals surface area (Å²) in [5.74, 6) is 12.7. The number of nitrogens with one attached hydrogen (secondary N) is 1. The van der Waals surface area contributed by atoms with E-state index in [1.165, 1.54) is 55.3 Å². The maximum atomic E-state index is 12.5. The molecule has 0 atom stereocenters. The van der Waals surface area contributed by atoms with Crippen molar-refractivity contribution < 1.29 is 28.6 Å². The third-order valence-corrected chi connectivity index (χ3v) is 12.3. The second-order valence-electron chi connectivity index (χ2n) is 19.0. The molecule has 10 nitrogen and oxygen atoms in total. The zero-order valence-corrected chi connectivity index (χ0v) is 37.2. The smallest absolute Gasteiger partial charge is 0.410 e. The largest absolute Gasteiger partial charge is 0.449 e. The van der Waals surface area contributed by atoms with E-state index in [1.54, 1.807) is 13.8 Å². The quantitative estimate of drug-likeness (QED) is 0.164. The highest BCUT2D eigenvalue weighted by Gasteiger charge is 2.44. The van der Waals surface area contributed by atoms with E-state index in [1.807, 2.05) is 39.5 Å². The van der Waals surface area contributed by atoms with Crippen LogP contribution < -0.4 is 5.32 Å². The maximum Gasteiger partial charge on any atom is 0.410 e. The molecule has 2 aromatic carbocycles. The highest BCUT2D eigenvalue weighted by molar-refractivity contribution is 5.68. The molecular weight excluding hydrogens is 741 g/mol. The van der Waals surface area contributed by atoms with E-state index in [9.17, 15) is 14.4 Å². The van der Waals surface area contributed by atoms with Gasteiger partial charge in [-0.25, -0.2) is 4.79 Å². The van der Waals surface area contributed by atoms with Crippen molar-refractivity contribution in [3.63, 3.8) is 0 Å². The SMILES string of the molecule is Cc1ccc(CN2CCCC23CCN(C(=O)OC(C)(C)C)CC3)c(C#CC(C)(C)OC=O)c1.Cc1ccc(CN2CCCC23CCNCC3)c(C#CC(C)(C)OC=O)c1. The zero-order chi connectivity index (χ0) is 42.9. The molecule has 320 valence electrons. The number of amides is 1. The van der Waals surface area contributed by atoms with Gasteiger partial charge in [0, 0.05) is 48.4 Å². The number of hydrogen-bond acceptors (Lipinski definition) is 9. The molecule has 2 spiro atoms. The molecule has 4 aliphatic rings. The van der Waals surface area contributed by atoms with Crippen LogP contribution in [0.3, 0.4) is 0 Å². The first-order valence-corrected chi connectivity index (χ1v) is 21.5. The Hall–Kier alpha value is -4.35. The molecule has 10 heteroatoms. The number of ether oxygens (including phenoxy) is 3.